The molecule has 0 aliphatic carbocycles. The number of carboxylic acid groups (broad SMARTS) is 1. The first kappa shape index (κ1) is 16.0. The maximum Gasteiger partial charge on any atom is 0.339 e. The van der Waals surface area contributed by atoms with Crippen molar-refractivity contribution in [1.82, 2.24) is 19.9 Å². The van der Waals surface area contributed by atoms with E-state index >= 15 is 0 Å². The number of aromatic amines is 1. The molecule has 0 aliphatic heterocycles. The summed E-state index contributed by atoms with van der Waals surface area (Å²) < 4.78 is 0. The zero-order chi connectivity index (χ0) is 18.1. The van der Waals surface area contributed by atoms with E-state index in [1.165, 1.54) is 12.3 Å². The number of phenolic OH excluding ortho intramolecular Hbond substituents is 1. The SMILES string of the molecule is Nc1nc2ncc(CNc3ccc(C(=O)O)c(O)c3O)nc2c(=O)[nH]1. The number of nitrogens with one attached hydrogen (secondary N) is 2. The van der Waals surface area contributed by atoms with Gasteiger partial charge < -0.3 is 26.4 Å². The molecule has 0 aliphatic rings. The summed E-state index contributed by atoms with van der Waals surface area (Å²) in [5.74, 6) is -2.80. The van der Waals surface area contributed by atoms with Crippen molar-refractivity contribution in [1.29, 1.82) is 0 Å². The number of aromatic nitrogens is 4. The number of aromatic hydroxyl groups is 2. The van der Waals surface area contributed by atoms with Gasteiger partial charge in [-0.15, -0.1) is 0 Å². The van der Waals surface area contributed by atoms with Gasteiger partial charge in [-0.3, -0.25) is 9.78 Å². The fourth-order valence-corrected chi connectivity index (χ4v) is 2.14. The lowest BCUT2D eigenvalue weighted by Gasteiger charge is -2.10. The zero-order valence-corrected chi connectivity index (χ0v) is 12.5. The lowest BCUT2D eigenvalue weighted by molar-refractivity contribution is 0.0693. The summed E-state index contributed by atoms with van der Waals surface area (Å²) in [6, 6.07) is 2.44. The number of carbonyl (C=O) groups is 1. The molecule has 2 heterocycles. The second-order valence-corrected chi connectivity index (χ2v) is 5.00. The van der Waals surface area contributed by atoms with E-state index in [0.717, 1.165) is 6.07 Å². The van der Waals surface area contributed by atoms with Crippen molar-refractivity contribution < 1.29 is 20.1 Å². The zero-order valence-electron chi connectivity index (χ0n) is 12.5. The molecule has 3 aromatic rings. The molecule has 0 atom stereocenters. The van der Waals surface area contributed by atoms with E-state index in [0.29, 0.717) is 5.69 Å². The minimum Gasteiger partial charge on any atom is -0.504 e. The van der Waals surface area contributed by atoms with Crippen LogP contribution in [-0.4, -0.2) is 41.2 Å². The third kappa shape index (κ3) is 2.97. The van der Waals surface area contributed by atoms with Crippen molar-refractivity contribution in [3.05, 3.63) is 39.9 Å². The quantitative estimate of drug-likeness (QED) is 0.352. The number of hydrogen-bond acceptors (Lipinski definition) is 9. The van der Waals surface area contributed by atoms with Gasteiger partial charge >= 0.3 is 5.97 Å². The lowest BCUT2D eigenvalue weighted by atomic mass is 10.1. The number of fused-ring (bicyclic) bond motifs is 1. The molecule has 2 aromatic heterocycles. The van der Waals surface area contributed by atoms with E-state index in [1.807, 2.05) is 0 Å². The number of phenols is 2. The molecule has 7 N–H and O–H groups in total. The van der Waals surface area contributed by atoms with Crippen LogP contribution in [0, 0.1) is 0 Å². The minimum absolute atomic E-state index is 0.00166. The molecule has 1 aromatic carbocycles. The Kier molecular flexibility index (Phi) is 3.81. The molecule has 0 bridgehead atoms. The molecule has 0 unspecified atom stereocenters. The summed E-state index contributed by atoms with van der Waals surface area (Å²) in [4.78, 5) is 36.9. The molecule has 11 nitrogen and oxygen atoms in total. The number of benzene rings is 1. The van der Waals surface area contributed by atoms with Gasteiger partial charge in [0, 0.05) is 0 Å². The van der Waals surface area contributed by atoms with Gasteiger partial charge in [-0.25, -0.2) is 14.8 Å². The summed E-state index contributed by atoms with van der Waals surface area (Å²) in [6.07, 6.45) is 1.36. The van der Waals surface area contributed by atoms with Crippen LogP contribution in [0.15, 0.2) is 23.1 Å². The highest BCUT2D eigenvalue weighted by atomic mass is 16.4. The number of anilines is 2. The lowest BCUT2D eigenvalue weighted by Crippen LogP contribution is -2.15. The van der Waals surface area contributed by atoms with Crippen LogP contribution in [0.5, 0.6) is 11.5 Å². The normalized spacial score (nSPS) is 10.7. The maximum atomic E-state index is 11.8. The van der Waals surface area contributed by atoms with Crippen LogP contribution < -0.4 is 16.6 Å². The largest absolute Gasteiger partial charge is 0.504 e. The molecule has 0 amide bonds. The van der Waals surface area contributed by atoms with Gasteiger partial charge in [-0.05, 0) is 12.1 Å². The van der Waals surface area contributed by atoms with Gasteiger partial charge in [0.2, 0.25) is 5.95 Å². The highest BCUT2D eigenvalue weighted by molar-refractivity contribution is 5.93. The maximum absolute atomic E-state index is 11.8. The van der Waals surface area contributed by atoms with Gasteiger partial charge in [0.1, 0.15) is 5.56 Å². The van der Waals surface area contributed by atoms with Gasteiger partial charge in [0.25, 0.3) is 5.56 Å². The Hall–Kier alpha value is -3.89. The fourth-order valence-electron chi connectivity index (χ4n) is 2.14. The molecule has 3 rings (SSSR count). The van der Waals surface area contributed by atoms with E-state index in [9.17, 15) is 19.8 Å². The molecule has 0 saturated carbocycles. The summed E-state index contributed by atoms with van der Waals surface area (Å²) in [5, 5.41) is 31.2. The van der Waals surface area contributed by atoms with Crippen LogP contribution in [0.4, 0.5) is 11.6 Å². The summed E-state index contributed by atoms with van der Waals surface area (Å²) in [6.45, 7) is 0.0478. The van der Waals surface area contributed by atoms with E-state index in [-0.39, 0.29) is 29.3 Å². The number of H-pyrrole nitrogens is 1. The Bertz CT molecular complexity index is 1050. The summed E-state index contributed by atoms with van der Waals surface area (Å²) >= 11 is 0. The predicted octanol–water partition coefficient (Wildman–Crippen LogP) is 0.0168. The third-order valence-corrected chi connectivity index (χ3v) is 3.33. The monoisotopic (exact) mass is 344 g/mol. The molecule has 11 heteroatoms. The number of nitrogens with two attached hydrogens (primary N) is 1. The number of hydrogen-bond donors (Lipinski definition) is 6. The highest BCUT2D eigenvalue weighted by Crippen LogP contribution is 2.36. The van der Waals surface area contributed by atoms with Crippen LogP contribution in [-0.2, 0) is 6.54 Å². The average molecular weight is 344 g/mol. The van der Waals surface area contributed by atoms with Crippen molar-refractivity contribution in [2.24, 2.45) is 0 Å². The molecule has 0 saturated heterocycles. The van der Waals surface area contributed by atoms with E-state index < -0.39 is 28.6 Å². The average Bonchev–Trinajstić information content (AvgIpc) is 2.56. The van der Waals surface area contributed by atoms with Crippen LogP contribution in [0.2, 0.25) is 0 Å². The number of aromatic carboxylic acids is 1. The molecule has 0 radical (unpaired) electrons. The van der Waals surface area contributed by atoms with Crippen molar-refractivity contribution >= 4 is 28.8 Å². The molecule has 0 fully saturated rings. The van der Waals surface area contributed by atoms with Gasteiger partial charge in [0.05, 0.1) is 24.1 Å². The van der Waals surface area contributed by atoms with Gasteiger partial charge in [0.15, 0.2) is 22.7 Å². The molecule has 0 spiro atoms. The van der Waals surface area contributed by atoms with E-state index in [1.54, 1.807) is 0 Å². The highest BCUT2D eigenvalue weighted by Gasteiger charge is 2.16. The second-order valence-electron chi connectivity index (χ2n) is 5.00. The first-order valence-corrected chi connectivity index (χ1v) is 6.90. The van der Waals surface area contributed by atoms with Gasteiger partial charge in [-0.1, -0.05) is 0 Å². The van der Waals surface area contributed by atoms with Gasteiger partial charge in [-0.2, -0.15) is 4.98 Å². The Balaban J connectivity index is 1.87. The van der Waals surface area contributed by atoms with Crippen LogP contribution in [0.1, 0.15) is 16.1 Å². The number of nitrogen functional groups attached to an aromatic ring is 1. The Morgan fingerprint density at radius 2 is 2.00 bits per heavy atom. The molecular weight excluding hydrogens is 332 g/mol. The van der Waals surface area contributed by atoms with Crippen LogP contribution in [0.25, 0.3) is 11.2 Å². The first-order chi connectivity index (χ1) is 11.9. The number of nitrogens with zero attached hydrogens (tertiary/aromatic N) is 3. The van der Waals surface area contributed by atoms with Crippen molar-refractivity contribution in [3.63, 3.8) is 0 Å². The number of carboxylic acids is 1. The Morgan fingerprint density at radius 1 is 1.24 bits per heavy atom. The third-order valence-electron chi connectivity index (χ3n) is 3.33. The van der Waals surface area contributed by atoms with Crippen LogP contribution >= 0.6 is 0 Å². The fraction of sp³-hybridized carbons (Fsp3) is 0.0714. The minimum atomic E-state index is -1.37. The molecule has 25 heavy (non-hydrogen) atoms. The summed E-state index contributed by atoms with van der Waals surface area (Å²) in [5.41, 5.74) is 5.00. The van der Waals surface area contributed by atoms with Crippen molar-refractivity contribution in [2.45, 2.75) is 6.54 Å². The Morgan fingerprint density at radius 3 is 2.72 bits per heavy atom. The van der Waals surface area contributed by atoms with E-state index in [2.05, 4.69) is 25.3 Å². The molecular formula is C14H12N6O5. The smallest absolute Gasteiger partial charge is 0.339 e. The van der Waals surface area contributed by atoms with Crippen molar-refractivity contribution in [2.75, 3.05) is 11.1 Å². The second kappa shape index (κ2) is 5.96. The van der Waals surface area contributed by atoms with Crippen molar-refractivity contribution in [3.8, 4) is 11.5 Å². The standard InChI is InChI=1S/C14H12N6O5/c15-14-19-11-8(12(23)20-14)18-5(4-17-11)3-16-7-2-1-6(13(24)25)9(21)10(7)22/h1-2,4,16,21-22H,3H2,(H,24,25)(H3,15,17,19,20,23). The first-order valence-electron chi connectivity index (χ1n) is 6.90. The van der Waals surface area contributed by atoms with E-state index in [4.69, 9.17) is 10.8 Å². The Labute approximate surface area is 138 Å². The number of rotatable bonds is 4. The topological polar surface area (TPSA) is 187 Å². The van der Waals surface area contributed by atoms with Crippen LogP contribution in [0.3, 0.4) is 0 Å². The predicted molar refractivity (Wildman–Crippen MR) is 86.4 cm³/mol. The summed E-state index contributed by atoms with van der Waals surface area (Å²) in [7, 11) is 0. The molecule has 128 valence electrons.